The minimum Gasteiger partial charge on any atom is -0.336 e. The van der Waals surface area contributed by atoms with Crippen LogP contribution in [-0.4, -0.2) is 4.98 Å². The second kappa shape index (κ2) is 4.01. The van der Waals surface area contributed by atoms with Crippen LogP contribution in [0.3, 0.4) is 0 Å². The summed E-state index contributed by atoms with van der Waals surface area (Å²) < 4.78 is 1.98. The molecule has 2 rings (SSSR count). The Morgan fingerprint density at radius 3 is 2.83 bits per heavy atom. The standard InChI is InChI=1S/C7H5NS3.Zn/c9-4-2-1-3-5-6(4)8-7(10)11-5;/h1-3,9H,(H,8,10);. The van der Waals surface area contributed by atoms with Gasteiger partial charge in [0.05, 0.1) is 10.2 Å². The Bertz CT molecular complexity index is 445. The number of thiol groups is 1. The Morgan fingerprint density at radius 1 is 1.42 bits per heavy atom. The van der Waals surface area contributed by atoms with Crippen molar-refractivity contribution in [3.8, 4) is 0 Å². The maximum absolute atomic E-state index is 5.00. The molecule has 0 saturated heterocycles. The van der Waals surface area contributed by atoms with E-state index in [2.05, 4.69) is 17.6 Å². The summed E-state index contributed by atoms with van der Waals surface area (Å²) in [6.07, 6.45) is 0. The molecule has 1 heterocycles. The number of hydrogen-bond donors (Lipinski definition) is 2. The molecule has 0 radical (unpaired) electrons. The number of H-pyrrole nitrogens is 1. The molecule has 1 aromatic heterocycles. The number of hydrogen-bond acceptors (Lipinski definition) is 3. The fraction of sp³-hybridized carbons (Fsp3) is 0. The summed E-state index contributed by atoms with van der Waals surface area (Å²) in [5, 5.41) is 0. The molecule has 5 heteroatoms. The summed E-state index contributed by atoms with van der Waals surface area (Å²) in [6, 6.07) is 5.96. The Labute approximate surface area is 97.4 Å². The van der Waals surface area contributed by atoms with Gasteiger partial charge in [0.1, 0.15) is 0 Å². The predicted molar refractivity (Wildman–Crippen MR) is 54.3 cm³/mol. The number of rotatable bonds is 0. The fourth-order valence-electron chi connectivity index (χ4n) is 0.958. The van der Waals surface area contributed by atoms with E-state index in [-0.39, 0.29) is 19.5 Å². The maximum Gasteiger partial charge on any atom is 0.159 e. The third-order valence-electron chi connectivity index (χ3n) is 1.43. The van der Waals surface area contributed by atoms with E-state index in [1.807, 2.05) is 18.2 Å². The van der Waals surface area contributed by atoms with Crippen molar-refractivity contribution in [3.05, 3.63) is 22.2 Å². The van der Waals surface area contributed by atoms with Crippen LogP contribution in [0.2, 0.25) is 0 Å². The molecule has 1 nitrogen and oxygen atoms in total. The van der Waals surface area contributed by atoms with Crippen LogP contribution < -0.4 is 0 Å². The fourth-order valence-corrected chi connectivity index (χ4v) is 2.43. The van der Waals surface area contributed by atoms with Gasteiger partial charge in [-0.1, -0.05) is 6.07 Å². The van der Waals surface area contributed by atoms with E-state index in [4.69, 9.17) is 12.2 Å². The van der Waals surface area contributed by atoms with Crippen molar-refractivity contribution in [1.29, 1.82) is 0 Å². The first-order valence-corrected chi connectivity index (χ1v) is 4.75. The zero-order valence-electron chi connectivity index (χ0n) is 6.20. The van der Waals surface area contributed by atoms with Gasteiger partial charge in [0.15, 0.2) is 3.95 Å². The van der Waals surface area contributed by atoms with Crippen molar-refractivity contribution >= 4 is 46.4 Å². The van der Waals surface area contributed by atoms with Crippen LogP contribution in [0.4, 0.5) is 0 Å². The van der Waals surface area contributed by atoms with Gasteiger partial charge in [0, 0.05) is 24.4 Å². The summed E-state index contributed by atoms with van der Waals surface area (Å²) >= 11 is 10.9. The predicted octanol–water partition coefficient (Wildman–Crippen LogP) is 3.25. The van der Waals surface area contributed by atoms with Gasteiger partial charge < -0.3 is 4.98 Å². The Hall–Kier alpha value is 0.303. The van der Waals surface area contributed by atoms with Gasteiger partial charge in [-0.2, -0.15) is 0 Å². The number of aromatic nitrogens is 1. The summed E-state index contributed by atoms with van der Waals surface area (Å²) in [7, 11) is 0. The molecule has 0 atom stereocenters. The van der Waals surface area contributed by atoms with E-state index in [0.717, 1.165) is 14.4 Å². The molecular weight excluding hydrogens is 260 g/mol. The zero-order chi connectivity index (χ0) is 7.84. The van der Waals surface area contributed by atoms with Gasteiger partial charge in [-0.15, -0.1) is 24.0 Å². The number of benzene rings is 1. The van der Waals surface area contributed by atoms with Crippen molar-refractivity contribution in [2.24, 2.45) is 0 Å². The molecule has 58 valence electrons. The number of nitrogens with one attached hydrogen (secondary N) is 1. The first kappa shape index (κ1) is 10.4. The molecule has 0 unspecified atom stereocenters. The van der Waals surface area contributed by atoms with Crippen LogP contribution in [0.1, 0.15) is 0 Å². The van der Waals surface area contributed by atoms with Gasteiger partial charge in [-0.3, -0.25) is 0 Å². The van der Waals surface area contributed by atoms with Crippen molar-refractivity contribution in [2.45, 2.75) is 4.90 Å². The minimum atomic E-state index is 0. The monoisotopic (exact) mass is 263 g/mol. The maximum atomic E-state index is 5.00. The van der Waals surface area contributed by atoms with Crippen LogP contribution >= 0.6 is 36.2 Å². The minimum absolute atomic E-state index is 0. The van der Waals surface area contributed by atoms with Gasteiger partial charge in [-0.25, -0.2) is 0 Å². The Morgan fingerprint density at radius 2 is 2.17 bits per heavy atom. The van der Waals surface area contributed by atoms with E-state index >= 15 is 0 Å². The van der Waals surface area contributed by atoms with E-state index in [1.54, 1.807) is 11.3 Å². The van der Waals surface area contributed by atoms with Crippen LogP contribution in [0.25, 0.3) is 10.2 Å². The van der Waals surface area contributed by atoms with Crippen molar-refractivity contribution in [3.63, 3.8) is 0 Å². The van der Waals surface area contributed by atoms with Crippen molar-refractivity contribution < 1.29 is 19.5 Å². The molecule has 1 aromatic carbocycles. The van der Waals surface area contributed by atoms with Crippen LogP contribution in [0.15, 0.2) is 23.1 Å². The average molecular weight is 265 g/mol. The Balaban J connectivity index is 0.000000720. The second-order valence-corrected chi connectivity index (χ2v) is 4.37. The van der Waals surface area contributed by atoms with Gasteiger partial charge in [-0.05, 0) is 24.4 Å². The molecule has 2 aromatic rings. The SMILES string of the molecule is S=c1[nH]c2c(S)cccc2s1.[Zn]. The van der Waals surface area contributed by atoms with Crippen molar-refractivity contribution in [1.82, 2.24) is 4.98 Å². The third-order valence-corrected chi connectivity index (χ3v) is 3.01. The van der Waals surface area contributed by atoms with E-state index in [1.165, 1.54) is 4.70 Å². The topological polar surface area (TPSA) is 15.8 Å². The number of thiazole rings is 1. The van der Waals surface area contributed by atoms with Gasteiger partial charge >= 0.3 is 0 Å². The molecule has 1 N–H and O–H groups in total. The molecule has 0 amide bonds. The second-order valence-electron chi connectivity index (χ2n) is 2.16. The van der Waals surface area contributed by atoms with Crippen LogP contribution in [-0.2, 0) is 19.5 Å². The molecule has 0 aliphatic carbocycles. The number of fused-ring (bicyclic) bond motifs is 1. The van der Waals surface area contributed by atoms with Crippen LogP contribution in [0, 0.1) is 3.95 Å². The number of aromatic amines is 1. The van der Waals surface area contributed by atoms with E-state index in [9.17, 15) is 0 Å². The zero-order valence-corrected chi connectivity index (χ0v) is 11.7. The van der Waals surface area contributed by atoms with Gasteiger partial charge in [0.2, 0.25) is 0 Å². The summed E-state index contributed by atoms with van der Waals surface area (Å²) in [5.41, 5.74) is 1.05. The summed E-state index contributed by atoms with van der Waals surface area (Å²) in [4.78, 5) is 4.04. The molecule has 0 saturated carbocycles. The molecule has 12 heavy (non-hydrogen) atoms. The van der Waals surface area contributed by atoms with E-state index in [0.29, 0.717) is 0 Å². The average Bonchev–Trinajstić information content (AvgIpc) is 2.31. The summed E-state index contributed by atoms with van der Waals surface area (Å²) in [5.74, 6) is 0. The normalized spacial score (nSPS) is 9.75. The molecule has 0 spiro atoms. The first-order chi connectivity index (χ1) is 5.27. The molecular formula is C7H5NS3Zn. The van der Waals surface area contributed by atoms with Gasteiger partial charge in [0.25, 0.3) is 0 Å². The molecule has 0 bridgehead atoms. The Kier molecular flexibility index (Phi) is 3.47. The van der Waals surface area contributed by atoms with Crippen molar-refractivity contribution in [2.75, 3.05) is 0 Å². The molecule has 0 fully saturated rings. The largest absolute Gasteiger partial charge is 0.336 e. The first-order valence-electron chi connectivity index (χ1n) is 3.08. The number of para-hydroxylation sites is 1. The summed E-state index contributed by atoms with van der Waals surface area (Å²) in [6.45, 7) is 0. The smallest absolute Gasteiger partial charge is 0.159 e. The quantitative estimate of drug-likeness (QED) is 0.424. The van der Waals surface area contributed by atoms with E-state index < -0.39 is 0 Å². The molecule has 0 aliphatic heterocycles. The third kappa shape index (κ3) is 1.79. The molecule has 0 aliphatic rings. The van der Waals surface area contributed by atoms with Crippen LogP contribution in [0.5, 0.6) is 0 Å².